The number of aliphatic hydroxyl groups is 2. The van der Waals surface area contributed by atoms with Crippen LogP contribution < -0.4 is 0 Å². The summed E-state index contributed by atoms with van der Waals surface area (Å²) < 4.78 is 30.5. The molecule has 0 aliphatic rings. The molecule has 0 aliphatic carbocycles. The van der Waals surface area contributed by atoms with Gasteiger partial charge < -0.3 is 10.2 Å². The predicted molar refractivity (Wildman–Crippen MR) is 101 cm³/mol. The van der Waals surface area contributed by atoms with E-state index in [1.54, 1.807) is 30.3 Å². The van der Waals surface area contributed by atoms with E-state index in [9.17, 15) is 23.4 Å². The topological polar surface area (TPSA) is 101 Å². The van der Waals surface area contributed by atoms with Crippen LogP contribution in [0.1, 0.15) is 36.2 Å². The van der Waals surface area contributed by atoms with Gasteiger partial charge in [0.05, 0.1) is 11.0 Å². The van der Waals surface area contributed by atoms with Gasteiger partial charge in [0, 0.05) is 12.0 Å². The summed E-state index contributed by atoms with van der Waals surface area (Å²) >= 11 is 0. The summed E-state index contributed by atoms with van der Waals surface area (Å²) in [5.41, 5.74) is -1.06. The fourth-order valence-electron chi connectivity index (χ4n) is 2.61. The van der Waals surface area contributed by atoms with Gasteiger partial charge in [-0.05, 0) is 32.9 Å². The number of hydrogen-bond acceptors (Lipinski definition) is 6. The van der Waals surface area contributed by atoms with Crippen molar-refractivity contribution in [3.8, 4) is 0 Å². The minimum Gasteiger partial charge on any atom is -0.393 e. The lowest BCUT2D eigenvalue weighted by Gasteiger charge is -2.31. The fraction of sp³-hybridized carbons (Fsp3) is 0.350. The number of aliphatic hydroxyl groups excluding tert-OH is 1. The fourth-order valence-corrected chi connectivity index (χ4v) is 3.77. The number of hydrogen-bond donors (Lipinski definition) is 2. The summed E-state index contributed by atoms with van der Waals surface area (Å²) in [6.45, 7) is 4.44. The summed E-state index contributed by atoms with van der Waals surface area (Å²) in [5.74, 6) is -0.687. The lowest BCUT2D eigenvalue weighted by Crippen LogP contribution is -2.50. The first-order chi connectivity index (χ1) is 12.5. The normalized spacial score (nSPS) is 16.3. The monoisotopic (exact) mass is 392 g/mol. The van der Waals surface area contributed by atoms with Crippen molar-refractivity contribution in [1.82, 2.24) is 0 Å². The Morgan fingerprint density at radius 2 is 1.67 bits per heavy atom. The summed E-state index contributed by atoms with van der Waals surface area (Å²) in [7, 11) is -4.24. The number of Topliss-reactive ketones (excluding diaryl/α,β-unsaturated/α-hetero) is 1. The lowest BCUT2D eigenvalue weighted by molar-refractivity contribution is -0.0413. The Morgan fingerprint density at radius 1 is 1.11 bits per heavy atom. The van der Waals surface area contributed by atoms with Crippen LogP contribution in [0.25, 0.3) is 0 Å². The van der Waals surface area contributed by atoms with Crippen molar-refractivity contribution >= 4 is 15.9 Å². The molecule has 2 aromatic carbocycles. The Kier molecular flexibility index (Phi) is 6.54. The second kappa shape index (κ2) is 8.31. The van der Waals surface area contributed by atoms with Crippen molar-refractivity contribution in [1.29, 1.82) is 0 Å². The molecule has 0 amide bonds. The molecule has 27 heavy (non-hydrogen) atoms. The van der Waals surface area contributed by atoms with E-state index in [0.717, 1.165) is 5.56 Å². The third-order valence-corrected chi connectivity index (χ3v) is 5.57. The smallest absolute Gasteiger partial charge is 0.297 e. The molecule has 146 valence electrons. The van der Waals surface area contributed by atoms with Crippen molar-refractivity contribution in [2.45, 2.75) is 49.9 Å². The Bertz CT molecular complexity index is 870. The van der Waals surface area contributed by atoms with Gasteiger partial charge in [-0.25, -0.2) is 0 Å². The maximum atomic E-state index is 12.7. The van der Waals surface area contributed by atoms with Crippen molar-refractivity contribution in [2.24, 2.45) is 0 Å². The van der Waals surface area contributed by atoms with Crippen molar-refractivity contribution in [3.05, 3.63) is 65.7 Å². The van der Waals surface area contributed by atoms with E-state index in [2.05, 4.69) is 0 Å². The number of aryl methyl sites for hydroxylation is 1. The van der Waals surface area contributed by atoms with Crippen LogP contribution in [0.15, 0.2) is 59.5 Å². The molecular formula is C20H24O6S. The molecule has 0 saturated heterocycles. The van der Waals surface area contributed by atoms with E-state index in [-0.39, 0.29) is 16.9 Å². The highest BCUT2D eigenvalue weighted by Crippen LogP contribution is 2.27. The van der Waals surface area contributed by atoms with Crippen LogP contribution in [0, 0.1) is 6.92 Å². The molecule has 7 heteroatoms. The van der Waals surface area contributed by atoms with Gasteiger partial charge in [0.15, 0.2) is 11.4 Å². The molecule has 6 nitrogen and oxygen atoms in total. The largest absolute Gasteiger partial charge is 0.393 e. The van der Waals surface area contributed by atoms with Crippen LogP contribution in [0.5, 0.6) is 0 Å². The van der Waals surface area contributed by atoms with Gasteiger partial charge in [-0.1, -0.05) is 48.0 Å². The van der Waals surface area contributed by atoms with E-state index in [1.165, 1.54) is 38.1 Å². The summed E-state index contributed by atoms with van der Waals surface area (Å²) in [4.78, 5) is 12.7. The molecular weight excluding hydrogens is 368 g/mol. The quantitative estimate of drug-likeness (QED) is 0.529. The molecule has 0 bridgehead atoms. The third-order valence-electron chi connectivity index (χ3n) is 4.23. The highest BCUT2D eigenvalue weighted by atomic mass is 32.2. The number of benzene rings is 2. The van der Waals surface area contributed by atoms with E-state index in [0.29, 0.717) is 0 Å². The number of carbonyl (C=O) groups excluding carboxylic acids is 1. The lowest BCUT2D eigenvalue weighted by atomic mass is 9.87. The van der Waals surface area contributed by atoms with Crippen LogP contribution in [-0.2, 0) is 14.3 Å². The highest BCUT2D eigenvalue weighted by molar-refractivity contribution is 7.86. The van der Waals surface area contributed by atoms with Gasteiger partial charge in [-0.2, -0.15) is 8.42 Å². The maximum Gasteiger partial charge on any atom is 0.297 e. The van der Waals surface area contributed by atoms with Gasteiger partial charge in [0.1, 0.15) is 6.10 Å². The van der Waals surface area contributed by atoms with E-state index >= 15 is 0 Å². The summed E-state index contributed by atoms with van der Waals surface area (Å²) in [6.07, 6.45) is -2.69. The zero-order chi connectivity index (χ0) is 20.2. The maximum absolute atomic E-state index is 12.7. The average Bonchev–Trinajstić information content (AvgIpc) is 2.61. The molecule has 2 N–H and O–H groups in total. The Morgan fingerprint density at radius 3 is 2.19 bits per heavy atom. The van der Waals surface area contributed by atoms with Crippen molar-refractivity contribution in [2.75, 3.05) is 0 Å². The Balaban J connectivity index is 2.36. The van der Waals surface area contributed by atoms with Crippen molar-refractivity contribution < 1.29 is 27.6 Å². The minimum atomic E-state index is -4.24. The predicted octanol–water partition coefficient (Wildman–Crippen LogP) is 2.47. The van der Waals surface area contributed by atoms with Crippen LogP contribution in [0.3, 0.4) is 0 Å². The van der Waals surface area contributed by atoms with Gasteiger partial charge in [0.25, 0.3) is 10.1 Å². The summed E-state index contributed by atoms with van der Waals surface area (Å²) in [6, 6.07) is 14.0. The van der Waals surface area contributed by atoms with Gasteiger partial charge in [-0.3, -0.25) is 8.98 Å². The molecule has 3 atom stereocenters. The molecule has 0 saturated carbocycles. The molecule has 3 unspecified atom stereocenters. The standard InChI is InChI=1S/C20H24O6S/c1-14-9-11-17(12-10-14)27(24,25)26-18(13-15(2)21)20(3,23)19(22)16-7-5-4-6-8-16/h4-12,15,18,21,23H,13H2,1-3H3. The van der Waals surface area contributed by atoms with Gasteiger partial charge >= 0.3 is 0 Å². The number of rotatable bonds is 8. The molecule has 0 aromatic heterocycles. The Labute approximate surface area is 159 Å². The highest BCUT2D eigenvalue weighted by Gasteiger charge is 2.43. The summed E-state index contributed by atoms with van der Waals surface area (Å²) in [5, 5.41) is 20.6. The van der Waals surface area contributed by atoms with E-state index < -0.39 is 33.7 Å². The Hall–Kier alpha value is -2.06. The number of ketones is 1. The first-order valence-electron chi connectivity index (χ1n) is 8.54. The van der Waals surface area contributed by atoms with E-state index in [1.807, 2.05) is 6.92 Å². The number of carbonyl (C=O) groups is 1. The molecule has 0 fully saturated rings. The molecule has 0 spiro atoms. The minimum absolute atomic E-state index is 0.0911. The van der Waals surface area contributed by atoms with Gasteiger partial charge in [-0.15, -0.1) is 0 Å². The zero-order valence-electron chi connectivity index (χ0n) is 15.5. The average molecular weight is 392 g/mol. The second-order valence-electron chi connectivity index (χ2n) is 6.78. The van der Waals surface area contributed by atoms with E-state index in [4.69, 9.17) is 4.18 Å². The molecule has 2 rings (SSSR count). The van der Waals surface area contributed by atoms with Crippen LogP contribution in [-0.4, -0.2) is 42.2 Å². The first-order valence-corrected chi connectivity index (χ1v) is 9.95. The van der Waals surface area contributed by atoms with Crippen LogP contribution in [0.4, 0.5) is 0 Å². The molecule has 2 aromatic rings. The zero-order valence-corrected chi connectivity index (χ0v) is 16.3. The second-order valence-corrected chi connectivity index (χ2v) is 8.35. The molecule has 0 heterocycles. The molecule has 0 aliphatic heterocycles. The van der Waals surface area contributed by atoms with Gasteiger partial charge in [0.2, 0.25) is 0 Å². The third kappa shape index (κ3) is 5.23. The SMILES string of the molecule is Cc1ccc(S(=O)(=O)OC(CC(C)O)C(C)(O)C(=O)c2ccccc2)cc1. The van der Waals surface area contributed by atoms with Crippen LogP contribution in [0.2, 0.25) is 0 Å². The first kappa shape index (κ1) is 21.2. The van der Waals surface area contributed by atoms with Crippen molar-refractivity contribution in [3.63, 3.8) is 0 Å². The van der Waals surface area contributed by atoms with Crippen LogP contribution >= 0.6 is 0 Å². The molecule has 0 radical (unpaired) electrons.